The summed E-state index contributed by atoms with van der Waals surface area (Å²) in [5, 5.41) is 6.56. The fourth-order valence-electron chi connectivity index (χ4n) is 1.91. The Balaban J connectivity index is 0.00000220. The third-order valence-electron chi connectivity index (χ3n) is 3.20. The maximum absolute atomic E-state index is 5.71. The van der Waals surface area contributed by atoms with Crippen LogP contribution in [0.15, 0.2) is 29.3 Å². The number of benzene rings is 1. The van der Waals surface area contributed by atoms with Crippen molar-refractivity contribution in [2.24, 2.45) is 10.9 Å². The highest BCUT2D eigenvalue weighted by Crippen LogP contribution is 2.28. The van der Waals surface area contributed by atoms with E-state index in [2.05, 4.69) is 35.5 Å². The van der Waals surface area contributed by atoms with Crippen LogP contribution in [-0.2, 0) is 0 Å². The number of nitrogens with one attached hydrogen (secondary N) is 2. The molecule has 1 aromatic carbocycles. The van der Waals surface area contributed by atoms with E-state index in [-0.39, 0.29) is 24.0 Å². The summed E-state index contributed by atoms with van der Waals surface area (Å²) < 4.78 is 5.71. The number of guanidine groups is 1. The Morgan fingerprint density at radius 1 is 1.33 bits per heavy atom. The molecule has 1 aliphatic carbocycles. The van der Waals surface area contributed by atoms with Gasteiger partial charge in [-0.05, 0) is 50.3 Å². The quantitative estimate of drug-likeness (QED) is 0.319. The van der Waals surface area contributed by atoms with Gasteiger partial charge in [0.2, 0.25) is 0 Å². The van der Waals surface area contributed by atoms with E-state index < -0.39 is 0 Å². The van der Waals surface area contributed by atoms with Gasteiger partial charge in [-0.3, -0.25) is 4.99 Å². The molecule has 0 atom stereocenters. The summed E-state index contributed by atoms with van der Waals surface area (Å²) >= 11 is 0. The van der Waals surface area contributed by atoms with Gasteiger partial charge in [0.05, 0.1) is 6.54 Å². The van der Waals surface area contributed by atoms with Crippen molar-refractivity contribution in [2.75, 3.05) is 26.2 Å². The summed E-state index contributed by atoms with van der Waals surface area (Å²) in [5.41, 5.74) is 1.22. The predicted molar refractivity (Wildman–Crippen MR) is 98.8 cm³/mol. The van der Waals surface area contributed by atoms with Crippen molar-refractivity contribution < 1.29 is 4.74 Å². The molecule has 2 rings (SSSR count). The molecule has 1 aliphatic rings. The molecule has 0 bridgehead atoms. The largest absolute Gasteiger partial charge is 0.492 e. The minimum atomic E-state index is 0. The Bertz CT molecular complexity index is 447. The number of nitrogens with zero attached hydrogens (tertiary/aromatic N) is 1. The molecule has 118 valence electrons. The van der Waals surface area contributed by atoms with Crippen LogP contribution in [-0.4, -0.2) is 32.2 Å². The minimum absolute atomic E-state index is 0. The number of halogens is 1. The SMILES string of the molecule is CCNC(=NCC1CC1)NCCOc1cccc(C)c1.I. The Kier molecular flexibility index (Phi) is 8.49. The van der Waals surface area contributed by atoms with Gasteiger partial charge in [-0.15, -0.1) is 24.0 Å². The first-order valence-corrected chi connectivity index (χ1v) is 7.49. The Hall–Kier alpha value is -0.980. The van der Waals surface area contributed by atoms with Crippen molar-refractivity contribution in [3.8, 4) is 5.75 Å². The molecule has 1 saturated carbocycles. The van der Waals surface area contributed by atoms with Crippen molar-refractivity contribution in [2.45, 2.75) is 26.7 Å². The lowest BCUT2D eigenvalue weighted by molar-refractivity contribution is 0.321. The molecule has 1 aromatic rings. The zero-order chi connectivity index (χ0) is 14.2. The van der Waals surface area contributed by atoms with E-state index in [1.807, 2.05) is 18.2 Å². The second-order valence-electron chi connectivity index (χ2n) is 5.25. The molecular weight excluding hydrogens is 377 g/mol. The molecule has 0 heterocycles. The summed E-state index contributed by atoms with van der Waals surface area (Å²) in [4.78, 5) is 4.57. The van der Waals surface area contributed by atoms with Crippen LogP contribution in [0, 0.1) is 12.8 Å². The Labute approximate surface area is 144 Å². The second-order valence-corrected chi connectivity index (χ2v) is 5.25. The van der Waals surface area contributed by atoms with Crippen LogP contribution in [0.1, 0.15) is 25.3 Å². The van der Waals surface area contributed by atoms with Gasteiger partial charge < -0.3 is 15.4 Å². The average molecular weight is 403 g/mol. The van der Waals surface area contributed by atoms with Gasteiger partial charge in [-0.1, -0.05) is 12.1 Å². The number of ether oxygens (including phenoxy) is 1. The predicted octanol–water partition coefficient (Wildman–Crippen LogP) is 2.96. The first-order valence-electron chi connectivity index (χ1n) is 7.49. The second kappa shape index (κ2) is 9.87. The van der Waals surface area contributed by atoms with Gasteiger partial charge in [0.25, 0.3) is 0 Å². The highest BCUT2D eigenvalue weighted by molar-refractivity contribution is 14.0. The van der Waals surface area contributed by atoms with E-state index in [9.17, 15) is 0 Å². The molecule has 5 heteroatoms. The van der Waals surface area contributed by atoms with E-state index in [0.717, 1.165) is 37.3 Å². The molecule has 0 amide bonds. The summed E-state index contributed by atoms with van der Waals surface area (Å²) in [6.07, 6.45) is 2.67. The summed E-state index contributed by atoms with van der Waals surface area (Å²) in [6, 6.07) is 8.12. The fourth-order valence-corrected chi connectivity index (χ4v) is 1.91. The van der Waals surface area contributed by atoms with Gasteiger partial charge in [-0.2, -0.15) is 0 Å². The molecule has 0 radical (unpaired) electrons. The lowest BCUT2D eigenvalue weighted by Crippen LogP contribution is -2.39. The van der Waals surface area contributed by atoms with Gasteiger partial charge in [0.15, 0.2) is 5.96 Å². The normalized spacial score (nSPS) is 14.3. The van der Waals surface area contributed by atoms with Crippen LogP contribution in [0.2, 0.25) is 0 Å². The molecule has 1 fully saturated rings. The smallest absolute Gasteiger partial charge is 0.191 e. The molecule has 0 aromatic heterocycles. The molecule has 0 saturated heterocycles. The van der Waals surface area contributed by atoms with Crippen molar-refractivity contribution in [3.63, 3.8) is 0 Å². The fraction of sp³-hybridized carbons (Fsp3) is 0.562. The van der Waals surface area contributed by atoms with E-state index in [1.165, 1.54) is 18.4 Å². The van der Waals surface area contributed by atoms with E-state index >= 15 is 0 Å². The van der Waals surface area contributed by atoms with Gasteiger partial charge in [0.1, 0.15) is 12.4 Å². The van der Waals surface area contributed by atoms with Crippen molar-refractivity contribution in [3.05, 3.63) is 29.8 Å². The van der Waals surface area contributed by atoms with E-state index in [4.69, 9.17) is 4.74 Å². The number of rotatable bonds is 7. The third-order valence-corrected chi connectivity index (χ3v) is 3.20. The monoisotopic (exact) mass is 403 g/mol. The van der Waals surface area contributed by atoms with Gasteiger partial charge >= 0.3 is 0 Å². The van der Waals surface area contributed by atoms with Gasteiger partial charge in [-0.25, -0.2) is 0 Å². The highest BCUT2D eigenvalue weighted by atomic mass is 127. The minimum Gasteiger partial charge on any atom is -0.492 e. The molecular formula is C16H26IN3O. The highest BCUT2D eigenvalue weighted by Gasteiger charge is 2.20. The van der Waals surface area contributed by atoms with E-state index in [1.54, 1.807) is 0 Å². The van der Waals surface area contributed by atoms with Crippen LogP contribution in [0.25, 0.3) is 0 Å². The zero-order valence-electron chi connectivity index (χ0n) is 12.9. The maximum Gasteiger partial charge on any atom is 0.191 e. The van der Waals surface area contributed by atoms with E-state index in [0.29, 0.717) is 6.61 Å². The molecule has 0 spiro atoms. The van der Waals surface area contributed by atoms with Crippen LogP contribution in [0.5, 0.6) is 5.75 Å². The van der Waals surface area contributed by atoms with Crippen molar-refractivity contribution in [1.82, 2.24) is 10.6 Å². The first kappa shape index (κ1) is 18.1. The van der Waals surface area contributed by atoms with Crippen LogP contribution in [0.4, 0.5) is 0 Å². The summed E-state index contributed by atoms with van der Waals surface area (Å²) in [5.74, 6) is 2.63. The van der Waals surface area contributed by atoms with Crippen molar-refractivity contribution >= 4 is 29.9 Å². The summed E-state index contributed by atoms with van der Waals surface area (Å²) in [6.45, 7) is 7.36. The lowest BCUT2D eigenvalue weighted by Gasteiger charge is -2.12. The zero-order valence-corrected chi connectivity index (χ0v) is 15.2. The van der Waals surface area contributed by atoms with Crippen LogP contribution >= 0.6 is 24.0 Å². The number of hydrogen-bond donors (Lipinski definition) is 2. The molecule has 2 N–H and O–H groups in total. The number of aryl methyl sites for hydroxylation is 1. The summed E-state index contributed by atoms with van der Waals surface area (Å²) in [7, 11) is 0. The topological polar surface area (TPSA) is 45.7 Å². The van der Waals surface area contributed by atoms with Gasteiger partial charge in [0, 0.05) is 13.1 Å². The van der Waals surface area contributed by atoms with Crippen LogP contribution in [0.3, 0.4) is 0 Å². The molecule has 0 aliphatic heterocycles. The number of aliphatic imine (C=N–C) groups is 1. The van der Waals surface area contributed by atoms with Crippen molar-refractivity contribution in [1.29, 1.82) is 0 Å². The molecule has 0 unspecified atom stereocenters. The average Bonchev–Trinajstić information content (AvgIpc) is 3.25. The molecule has 4 nitrogen and oxygen atoms in total. The Morgan fingerprint density at radius 3 is 2.81 bits per heavy atom. The number of hydrogen-bond acceptors (Lipinski definition) is 2. The third kappa shape index (κ3) is 7.55. The molecule has 21 heavy (non-hydrogen) atoms. The standard InChI is InChI=1S/C16H25N3O.HI/c1-3-17-16(19-12-14-7-8-14)18-9-10-20-15-6-4-5-13(2)11-15;/h4-6,11,14H,3,7-10,12H2,1-2H3,(H2,17,18,19);1H. The maximum atomic E-state index is 5.71. The Morgan fingerprint density at radius 2 is 2.14 bits per heavy atom. The first-order chi connectivity index (χ1) is 9.78. The van der Waals surface area contributed by atoms with Crippen LogP contribution < -0.4 is 15.4 Å². The lowest BCUT2D eigenvalue weighted by atomic mass is 10.2.